The second-order valence-corrected chi connectivity index (χ2v) is 7.54. The van der Waals surface area contributed by atoms with Gasteiger partial charge in [0.25, 0.3) is 0 Å². The molecule has 33 heavy (non-hydrogen) atoms. The number of aromatic nitrogens is 3. The summed E-state index contributed by atoms with van der Waals surface area (Å²) in [6.45, 7) is 3.12. The third-order valence-corrected chi connectivity index (χ3v) is 5.35. The molecule has 2 aromatic rings. The van der Waals surface area contributed by atoms with Crippen LogP contribution >= 0.6 is 0 Å². The minimum absolute atomic E-state index is 0.0102. The highest BCUT2D eigenvalue weighted by Gasteiger charge is 2.36. The summed E-state index contributed by atoms with van der Waals surface area (Å²) in [6, 6.07) is 0.869. The monoisotopic (exact) mass is 477 g/mol. The maximum Gasteiger partial charge on any atom is 0.421 e. The summed E-state index contributed by atoms with van der Waals surface area (Å²) < 4.78 is 82.3. The van der Waals surface area contributed by atoms with Crippen molar-refractivity contribution in [1.82, 2.24) is 19.9 Å². The molecule has 3 heterocycles. The number of carbonyl (C=O) groups is 1. The maximum atomic E-state index is 13.2. The fourth-order valence-corrected chi connectivity index (χ4v) is 3.35. The largest absolute Gasteiger partial charge is 0.481 e. The van der Waals surface area contributed by atoms with Gasteiger partial charge in [-0.3, -0.25) is 9.69 Å². The van der Waals surface area contributed by atoms with E-state index < -0.39 is 35.3 Å². The number of methoxy groups -OCH3 is 1. The van der Waals surface area contributed by atoms with Gasteiger partial charge < -0.3 is 9.64 Å². The Morgan fingerprint density at radius 1 is 1.00 bits per heavy atom. The first kappa shape index (κ1) is 24.7. The molecule has 1 aliphatic rings. The van der Waals surface area contributed by atoms with Crippen molar-refractivity contribution in [1.29, 1.82) is 0 Å². The van der Waals surface area contributed by atoms with Gasteiger partial charge >= 0.3 is 12.4 Å². The zero-order chi connectivity index (χ0) is 24.4. The Morgan fingerprint density at radius 2 is 1.61 bits per heavy atom. The van der Waals surface area contributed by atoms with E-state index in [-0.39, 0.29) is 23.8 Å². The summed E-state index contributed by atoms with van der Waals surface area (Å²) in [5.74, 6) is -1.51. The van der Waals surface area contributed by atoms with E-state index in [1.807, 2.05) is 4.90 Å². The molecule has 1 unspecified atom stereocenters. The maximum absolute atomic E-state index is 13.2. The molecular weight excluding hydrogens is 456 g/mol. The summed E-state index contributed by atoms with van der Waals surface area (Å²) >= 11 is 0. The normalized spacial score (nSPS) is 16.5. The molecule has 7 nitrogen and oxygen atoms in total. The lowest BCUT2D eigenvalue weighted by molar-refractivity contribution is -0.139. The van der Waals surface area contributed by atoms with Crippen molar-refractivity contribution in [2.45, 2.75) is 25.2 Å². The number of halogens is 6. The Kier molecular flexibility index (Phi) is 7.10. The minimum Gasteiger partial charge on any atom is -0.481 e. The van der Waals surface area contributed by atoms with Crippen LogP contribution in [0.25, 0.3) is 0 Å². The summed E-state index contributed by atoms with van der Waals surface area (Å²) in [5.41, 5.74) is -1.86. The third-order valence-electron chi connectivity index (χ3n) is 5.35. The first-order valence-corrected chi connectivity index (χ1v) is 9.90. The van der Waals surface area contributed by atoms with Crippen LogP contribution in [0.1, 0.15) is 29.5 Å². The number of hydrogen-bond donors (Lipinski definition) is 0. The highest BCUT2D eigenvalue weighted by Crippen LogP contribution is 2.36. The molecule has 3 rings (SSSR count). The second-order valence-electron chi connectivity index (χ2n) is 7.54. The average molecular weight is 477 g/mol. The standard InChI is InChI=1S/C20H21F6N5O2/c1-12(13-7-15(20(24,25)26)17(33-2)27-8-13)16(32)11-30-3-5-31(6-4-30)18-28-9-14(10-29-18)19(21,22)23/h7-10,12H,3-6,11H2,1-2H3. The number of anilines is 1. The molecule has 0 amide bonds. The van der Waals surface area contributed by atoms with Crippen LogP contribution < -0.4 is 9.64 Å². The summed E-state index contributed by atoms with van der Waals surface area (Å²) in [7, 11) is 1.08. The van der Waals surface area contributed by atoms with E-state index in [1.165, 1.54) is 13.1 Å². The van der Waals surface area contributed by atoms with Crippen LogP contribution in [0.15, 0.2) is 24.7 Å². The van der Waals surface area contributed by atoms with E-state index in [1.54, 1.807) is 4.90 Å². The molecule has 0 radical (unpaired) electrons. The molecule has 180 valence electrons. The van der Waals surface area contributed by atoms with Crippen molar-refractivity contribution >= 4 is 11.7 Å². The number of nitrogens with zero attached hydrogens (tertiary/aromatic N) is 5. The second kappa shape index (κ2) is 9.49. The molecule has 0 aliphatic carbocycles. The Bertz CT molecular complexity index is 972. The topological polar surface area (TPSA) is 71.5 Å². The van der Waals surface area contributed by atoms with Crippen LogP contribution in [0.5, 0.6) is 5.88 Å². The van der Waals surface area contributed by atoms with Gasteiger partial charge in [0, 0.05) is 50.7 Å². The molecule has 1 atom stereocenters. The lowest BCUT2D eigenvalue weighted by Gasteiger charge is -2.34. The van der Waals surface area contributed by atoms with E-state index in [0.717, 1.165) is 25.6 Å². The van der Waals surface area contributed by atoms with Crippen molar-refractivity contribution in [3.63, 3.8) is 0 Å². The Morgan fingerprint density at radius 3 is 2.12 bits per heavy atom. The van der Waals surface area contributed by atoms with E-state index in [2.05, 4.69) is 19.7 Å². The number of ether oxygens (including phenoxy) is 1. The zero-order valence-electron chi connectivity index (χ0n) is 17.7. The first-order chi connectivity index (χ1) is 15.4. The van der Waals surface area contributed by atoms with Crippen molar-refractivity contribution in [2.75, 3.05) is 44.7 Å². The van der Waals surface area contributed by atoms with Crippen molar-refractivity contribution < 1.29 is 35.9 Å². The van der Waals surface area contributed by atoms with Crippen molar-refractivity contribution in [3.05, 3.63) is 41.3 Å². The predicted octanol–water partition coefficient (Wildman–Crippen LogP) is 3.41. The molecule has 2 aromatic heterocycles. The van der Waals surface area contributed by atoms with Crippen molar-refractivity contribution in [2.24, 2.45) is 0 Å². The molecule has 0 aromatic carbocycles. The summed E-state index contributed by atoms with van der Waals surface area (Å²) in [6.07, 6.45) is -6.56. The molecule has 1 saturated heterocycles. The van der Waals surface area contributed by atoms with E-state index in [0.29, 0.717) is 26.2 Å². The van der Waals surface area contributed by atoms with Gasteiger partial charge in [0.1, 0.15) is 5.56 Å². The molecule has 0 N–H and O–H groups in total. The minimum atomic E-state index is -4.67. The van der Waals surface area contributed by atoms with Gasteiger partial charge in [0.2, 0.25) is 11.8 Å². The van der Waals surface area contributed by atoms with Gasteiger partial charge in [0.05, 0.1) is 19.2 Å². The summed E-state index contributed by atoms with van der Waals surface area (Å²) in [5, 5.41) is 0. The lowest BCUT2D eigenvalue weighted by atomic mass is 9.96. The van der Waals surface area contributed by atoms with Gasteiger partial charge in [-0.1, -0.05) is 6.92 Å². The number of Topliss-reactive ketones (excluding diaryl/α,β-unsaturated/α-hetero) is 1. The average Bonchev–Trinajstić information content (AvgIpc) is 2.77. The highest BCUT2D eigenvalue weighted by molar-refractivity contribution is 5.87. The van der Waals surface area contributed by atoms with E-state index >= 15 is 0 Å². The number of pyridine rings is 1. The number of alkyl halides is 6. The Labute approximate surface area is 185 Å². The Hall–Kier alpha value is -2.96. The zero-order valence-corrected chi connectivity index (χ0v) is 17.7. The van der Waals surface area contributed by atoms with Gasteiger partial charge in [-0.15, -0.1) is 0 Å². The molecular formula is C20H21F6N5O2. The van der Waals surface area contributed by atoms with Gasteiger partial charge in [0.15, 0.2) is 5.78 Å². The molecule has 0 saturated carbocycles. The van der Waals surface area contributed by atoms with E-state index in [9.17, 15) is 31.1 Å². The van der Waals surface area contributed by atoms with Gasteiger partial charge in [-0.25, -0.2) is 15.0 Å². The molecule has 1 fully saturated rings. The van der Waals surface area contributed by atoms with Crippen molar-refractivity contribution in [3.8, 4) is 5.88 Å². The van der Waals surface area contributed by atoms with Gasteiger partial charge in [-0.05, 0) is 11.6 Å². The SMILES string of the molecule is COc1ncc(C(C)C(=O)CN2CCN(c3ncc(C(F)(F)F)cn3)CC2)cc1C(F)(F)F. The fraction of sp³-hybridized carbons (Fsp3) is 0.500. The van der Waals surface area contributed by atoms with Crippen LogP contribution in [-0.4, -0.2) is 65.5 Å². The summed E-state index contributed by atoms with van der Waals surface area (Å²) in [4.78, 5) is 27.4. The smallest absolute Gasteiger partial charge is 0.421 e. The highest BCUT2D eigenvalue weighted by atomic mass is 19.4. The van der Waals surface area contributed by atoms with E-state index in [4.69, 9.17) is 0 Å². The number of piperazine rings is 1. The van der Waals surface area contributed by atoms with Gasteiger partial charge in [-0.2, -0.15) is 26.3 Å². The number of carbonyl (C=O) groups excluding carboxylic acids is 1. The number of rotatable bonds is 6. The third kappa shape index (κ3) is 5.89. The number of ketones is 1. The van der Waals surface area contributed by atoms with Crippen LogP contribution in [0.3, 0.4) is 0 Å². The van der Waals surface area contributed by atoms with Crippen LogP contribution in [-0.2, 0) is 17.1 Å². The Balaban J connectivity index is 1.59. The fourth-order valence-electron chi connectivity index (χ4n) is 3.35. The predicted molar refractivity (Wildman–Crippen MR) is 105 cm³/mol. The molecule has 0 bridgehead atoms. The van der Waals surface area contributed by atoms with Crippen LogP contribution in [0.4, 0.5) is 32.3 Å². The molecule has 13 heteroatoms. The lowest BCUT2D eigenvalue weighted by Crippen LogP contribution is -2.48. The quantitative estimate of drug-likeness (QED) is 0.591. The molecule has 1 aliphatic heterocycles. The van der Waals surface area contributed by atoms with Crippen LogP contribution in [0, 0.1) is 0 Å². The molecule has 0 spiro atoms. The first-order valence-electron chi connectivity index (χ1n) is 9.90. The van der Waals surface area contributed by atoms with Crippen LogP contribution in [0.2, 0.25) is 0 Å². The number of hydrogen-bond acceptors (Lipinski definition) is 7.